The zero-order valence-corrected chi connectivity index (χ0v) is 11.0. The molecule has 4 heteroatoms. The predicted octanol–water partition coefficient (Wildman–Crippen LogP) is 2.12. The minimum atomic E-state index is -1.09. The Morgan fingerprint density at radius 3 is 2.71 bits per heavy atom. The Labute approximate surface area is 107 Å². The van der Waals surface area contributed by atoms with Crippen LogP contribution in [0.25, 0.3) is 0 Å². The summed E-state index contributed by atoms with van der Waals surface area (Å²) in [6.07, 6.45) is 0.891. The first-order valence-corrected chi connectivity index (χ1v) is 6.18. The molecule has 0 bridgehead atoms. The van der Waals surface area contributed by atoms with Gasteiger partial charge in [0.1, 0.15) is 0 Å². The molecule has 0 spiro atoms. The molecule has 0 fully saturated rings. The van der Waals surface area contributed by atoms with Crippen LogP contribution >= 0.6 is 11.6 Å². The van der Waals surface area contributed by atoms with Crippen molar-refractivity contribution in [2.75, 3.05) is 13.2 Å². The number of aliphatic hydroxyl groups is 2. The van der Waals surface area contributed by atoms with Gasteiger partial charge in [0.15, 0.2) is 0 Å². The Bertz CT molecular complexity index is 355. The minimum Gasteiger partial charge on any atom is -0.393 e. The molecule has 96 valence electrons. The summed E-state index contributed by atoms with van der Waals surface area (Å²) in [7, 11) is 0. The average Bonchev–Trinajstić information content (AvgIpc) is 2.30. The van der Waals surface area contributed by atoms with Gasteiger partial charge in [0.25, 0.3) is 0 Å². The van der Waals surface area contributed by atoms with Crippen molar-refractivity contribution in [1.29, 1.82) is 0 Å². The van der Waals surface area contributed by atoms with Crippen LogP contribution in [0.5, 0.6) is 0 Å². The van der Waals surface area contributed by atoms with Crippen molar-refractivity contribution in [3.63, 3.8) is 0 Å². The van der Waals surface area contributed by atoms with E-state index in [0.717, 1.165) is 12.0 Å². The Balaban J connectivity index is 2.66. The van der Waals surface area contributed by atoms with Crippen LogP contribution in [-0.4, -0.2) is 29.0 Å². The monoisotopic (exact) mass is 257 g/mol. The molecule has 0 aliphatic heterocycles. The molecule has 0 saturated heterocycles. The molecule has 0 aliphatic rings. The van der Waals surface area contributed by atoms with Crippen molar-refractivity contribution in [2.24, 2.45) is 0 Å². The molecule has 1 aromatic rings. The maximum Gasteiger partial charge on any atom is 0.0973 e. The lowest BCUT2D eigenvalue weighted by atomic mass is 10.0. The summed E-state index contributed by atoms with van der Waals surface area (Å²) in [6, 6.07) is 7.79. The van der Waals surface area contributed by atoms with Gasteiger partial charge in [-0.05, 0) is 31.0 Å². The fourth-order valence-electron chi connectivity index (χ4n) is 1.62. The smallest absolute Gasteiger partial charge is 0.0973 e. The maximum atomic E-state index is 9.73. The molecular formula is C13H20ClNO2. The van der Waals surface area contributed by atoms with Gasteiger partial charge >= 0.3 is 0 Å². The van der Waals surface area contributed by atoms with Gasteiger partial charge < -0.3 is 15.5 Å². The van der Waals surface area contributed by atoms with Crippen molar-refractivity contribution in [3.05, 3.63) is 34.9 Å². The summed E-state index contributed by atoms with van der Waals surface area (Å²) in [5, 5.41) is 22.7. The topological polar surface area (TPSA) is 52.5 Å². The zero-order chi connectivity index (χ0) is 12.9. The highest BCUT2D eigenvalue weighted by Gasteiger charge is 2.20. The van der Waals surface area contributed by atoms with Gasteiger partial charge in [-0.2, -0.15) is 0 Å². The third-order valence-electron chi connectivity index (χ3n) is 2.73. The first-order chi connectivity index (χ1) is 7.98. The zero-order valence-electron chi connectivity index (χ0n) is 10.3. The van der Waals surface area contributed by atoms with E-state index >= 15 is 0 Å². The summed E-state index contributed by atoms with van der Waals surface area (Å²) < 4.78 is 0. The van der Waals surface area contributed by atoms with E-state index in [1.54, 1.807) is 6.92 Å². The highest BCUT2D eigenvalue weighted by atomic mass is 35.5. The van der Waals surface area contributed by atoms with Gasteiger partial charge in [0.2, 0.25) is 0 Å². The molecule has 0 heterocycles. The molecule has 3 nitrogen and oxygen atoms in total. The third-order valence-corrected chi connectivity index (χ3v) is 2.96. The first kappa shape index (κ1) is 14.5. The lowest BCUT2D eigenvalue weighted by molar-refractivity contribution is 0.000594. The Morgan fingerprint density at radius 2 is 2.18 bits per heavy atom. The molecule has 1 aromatic carbocycles. The van der Waals surface area contributed by atoms with Crippen LogP contribution in [0.2, 0.25) is 5.02 Å². The SMILES string of the molecule is CCC(NCC(C)(O)CO)c1cccc(Cl)c1. The van der Waals surface area contributed by atoms with E-state index in [1.807, 2.05) is 24.3 Å². The van der Waals surface area contributed by atoms with Gasteiger partial charge in [-0.1, -0.05) is 30.7 Å². The van der Waals surface area contributed by atoms with E-state index < -0.39 is 5.60 Å². The molecule has 0 radical (unpaired) electrons. The quantitative estimate of drug-likeness (QED) is 0.732. The van der Waals surface area contributed by atoms with Crippen molar-refractivity contribution < 1.29 is 10.2 Å². The predicted molar refractivity (Wildman–Crippen MR) is 70.2 cm³/mol. The van der Waals surface area contributed by atoms with E-state index in [2.05, 4.69) is 12.2 Å². The largest absolute Gasteiger partial charge is 0.393 e. The number of halogens is 1. The Morgan fingerprint density at radius 1 is 1.47 bits per heavy atom. The van der Waals surface area contributed by atoms with Crippen LogP contribution in [0.15, 0.2) is 24.3 Å². The van der Waals surface area contributed by atoms with Crippen LogP contribution in [0.3, 0.4) is 0 Å². The standard InChI is InChI=1S/C13H20ClNO2/c1-3-12(15-8-13(2,17)9-16)10-5-4-6-11(14)7-10/h4-7,12,15-17H,3,8-9H2,1-2H3. The number of aliphatic hydroxyl groups excluding tert-OH is 1. The molecule has 0 aromatic heterocycles. The van der Waals surface area contributed by atoms with Crippen molar-refractivity contribution >= 4 is 11.6 Å². The van der Waals surface area contributed by atoms with Crippen LogP contribution < -0.4 is 5.32 Å². The normalized spacial score (nSPS) is 16.5. The number of nitrogens with one attached hydrogen (secondary N) is 1. The molecular weight excluding hydrogens is 238 g/mol. The van der Waals surface area contributed by atoms with E-state index in [9.17, 15) is 5.11 Å². The van der Waals surface area contributed by atoms with Crippen molar-refractivity contribution in [3.8, 4) is 0 Å². The molecule has 3 N–H and O–H groups in total. The molecule has 0 saturated carbocycles. The molecule has 2 atom stereocenters. The molecule has 0 amide bonds. The summed E-state index contributed by atoms with van der Waals surface area (Å²) in [4.78, 5) is 0. The van der Waals surface area contributed by atoms with E-state index in [-0.39, 0.29) is 12.6 Å². The minimum absolute atomic E-state index is 0.131. The van der Waals surface area contributed by atoms with E-state index in [1.165, 1.54) is 0 Å². The average molecular weight is 258 g/mol. The van der Waals surface area contributed by atoms with E-state index in [4.69, 9.17) is 16.7 Å². The van der Waals surface area contributed by atoms with Crippen LogP contribution in [-0.2, 0) is 0 Å². The molecule has 2 unspecified atom stereocenters. The Kier molecular flexibility index (Phi) is 5.40. The summed E-state index contributed by atoms with van der Waals surface area (Å²) in [5.41, 5.74) is 0.000151. The number of rotatable bonds is 6. The highest BCUT2D eigenvalue weighted by Crippen LogP contribution is 2.20. The second-order valence-electron chi connectivity index (χ2n) is 4.55. The van der Waals surface area contributed by atoms with Crippen molar-refractivity contribution in [2.45, 2.75) is 31.9 Å². The second kappa shape index (κ2) is 6.36. The lowest BCUT2D eigenvalue weighted by Crippen LogP contribution is -2.42. The maximum absolute atomic E-state index is 9.73. The fraction of sp³-hybridized carbons (Fsp3) is 0.538. The van der Waals surface area contributed by atoms with E-state index in [0.29, 0.717) is 11.6 Å². The lowest BCUT2D eigenvalue weighted by Gasteiger charge is -2.25. The summed E-state index contributed by atoms with van der Waals surface area (Å²) in [6.45, 7) is 3.75. The number of hydrogen-bond donors (Lipinski definition) is 3. The van der Waals surface area contributed by atoms with Gasteiger partial charge in [0, 0.05) is 17.6 Å². The summed E-state index contributed by atoms with van der Waals surface area (Å²) in [5.74, 6) is 0. The third kappa shape index (κ3) is 4.64. The second-order valence-corrected chi connectivity index (χ2v) is 4.99. The van der Waals surface area contributed by atoms with Gasteiger partial charge in [0.05, 0.1) is 12.2 Å². The highest BCUT2D eigenvalue weighted by molar-refractivity contribution is 6.30. The molecule has 17 heavy (non-hydrogen) atoms. The van der Waals surface area contributed by atoms with Crippen LogP contribution in [0.1, 0.15) is 31.9 Å². The first-order valence-electron chi connectivity index (χ1n) is 5.80. The number of hydrogen-bond acceptors (Lipinski definition) is 3. The molecule has 1 rings (SSSR count). The fourth-order valence-corrected chi connectivity index (χ4v) is 1.82. The van der Waals surface area contributed by atoms with Crippen molar-refractivity contribution in [1.82, 2.24) is 5.32 Å². The van der Waals surface area contributed by atoms with Gasteiger partial charge in [-0.3, -0.25) is 0 Å². The van der Waals surface area contributed by atoms with Crippen LogP contribution in [0.4, 0.5) is 0 Å². The van der Waals surface area contributed by atoms with Gasteiger partial charge in [-0.25, -0.2) is 0 Å². The Hall–Kier alpha value is -0.610. The molecule has 0 aliphatic carbocycles. The number of benzene rings is 1. The van der Waals surface area contributed by atoms with Gasteiger partial charge in [-0.15, -0.1) is 0 Å². The van der Waals surface area contributed by atoms with Crippen LogP contribution in [0, 0.1) is 0 Å². The summed E-state index contributed by atoms with van der Waals surface area (Å²) >= 11 is 5.95.